The molecule has 2 N–H and O–H groups in total. The van der Waals surface area contributed by atoms with Crippen LogP contribution in [0, 0.1) is 13.8 Å². The fourth-order valence-corrected chi connectivity index (χ4v) is 3.32. The standard InChI is InChI=1S/C22H22N4O3/c1-14-11-15(2)26(25-14)13-16-7-6-8-17(12-16)23-20(27)22(3)21(28)24-18-9-4-5-10-19(18)29-22/h4-12H,13H2,1-3H3,(H,23,27)(H,24,28). The quantitative estimate of drug-likeness (QED) is 0.670. The second-order valence-corrected chi connectivity index (χ2v) is 7.32. The van der Waals surface area contributed by atoms with Crippen LogP contribution in [-0.4, -0.2) is 27.2 Å². The highest BCUT2D eigenvalue weighted by Crippen LogP contribution is 2.33. The van der Waals surface area contributed by atoms with Crippen LogP contribution < -0.4 is 15.4 Å². The summed E-state index contributed by atoms with van der Waals surface area (Å²) < 4.78 is 7.68. The maximum absolute atomic E-state index is 12.9. The number of nitrogens with one attached hydrogen (secondary N) is 2. The predicted octanol–water partition coefficient (Wildman–Crippen LogP) is 3.28. The van der Waals surface area contributed by atoms with Crippen molar-refractivity contribution in [2.45, 2.75) is 32.9 Å². The molecule has 2 amide bonds. The minimum atomic E-state index is -1.67. The molecule has 0 aliphatic carbocycles. The lowest BCUT2D eigenvalue weighted by Gasteiger charge is -2.33. The number of aryl methyl sites for hydroxylation is 2. The lowest BCUT2D eigenvalue weighted by atomic mass is 10.0. The summed E-state index contributed by atoms with van der Waals surface area (Å²) in [6.07, 6.45) is 0. The van der Waals surface area contributed by atoms with Crippen LogP contribution in [0.3, 0.4) is 0 Å². The minimum absolute atomic E-state index is 0.461. The first-order chi connectivity index (χ1) is 13.8. The summed E-state index contributed by atoms with van der Waals surface area (Å²) in [5, 5.41) is 10.0. The SMILES string of the molecule is Cc1cc(C)n(Cc2cccc(NC(=O)C3(C)Oc4ccccc4NC3=O)c2)n1. The first-order valence-electron chi connectivity index (χ1n) is 9.36. The fourth-order valence-electron chi connectivity index (χ4n) is 3.32. The Bertz CT molecular complexity index is 1100. The molecule has 2 aromatic carbocycles. The van der Waals surface area contributed by atoms with Crippen LogP contribution in [-0.2, 0) is 16.1 Å². The van der Waals surface area contributed by atoms with Crippen LogP contribution in [0.4, 0.5) is 11.4 Å². The van der Waals surface area contributed by atoms with Crippen LogP contribution in [0.5, 0.6) is 5.75 Å². The van der Waals surface area contributed by atoms with Gasteiger partial charge in [0.25, 0.3) is 17.4 Å². The van der Waals surface area contributed by atoms with Crippen molar-refractivity contribution in [2.24, 2.45) is 0 Å². The number of ether oxygens (including phenoxy) is 1. The van der Waals surface area contributed by atoms with Crippen LogP contribution in [0.15, 0.2) is 54.6 Å². The van der Waals surface area contributed by atoms with E-state index < -0.39 is 17.4 Å². The fraction of sp³-hybridized carbons (Fsp3) is 0.227. The summed E-state index contributed by atoms with van der Waals surface area (Å²) in [5.74, 6) is -0.580. The molecule has 1 aliphatic rings. The molecule has 1 unspecified atom stereocenters. The molecule has 0 fully saturated rings. The monoisotopic (exact) mass is 390 g/mol. The molecule has 0 spiro atoms. The molecule has 0 saturated heterocycles. The number of benzene rings is 2. The number of fused-ring (bicyclic) bond motifs is 1. The van der Waals surface area contributed by atoms with Gasteiger partial charge < -0.3 is 15.4 Å². The van der Waals surface area contributed by atoms with Gasteiger partial charge in [-0.05, 0) is 56.7 Å². The van der Waals surface area contributed by atoms with Gasteiger partial charge in [-0.15, -0.1) is 0 Å². The van der Waals surface area contributed by atoms with Gasteiger partial charge in [-0.25, -0.2) is 0 Å². The van der Waals surface area contributed by atoms with Crippen molar-refractivity contribution >= 4 is 23.2 Å². The molecule has 1 atom stereocenters. The summed E-state index contributed by atoms with van der Waals surface area (Å²) in [6.45, 7) is 6.01. The largest absolute Gasteiger partial charge is 0.466 e. The Morgan fingerprint density at radius 1 is 1.17 bits per heavy atom. The van der Waals surface area contributed by atoms with Gasteiger partial charge in [0, 0.05) is 11.4 Å². The van der Waals surface area contributed by atoms with E-state index in [2.05, 4.69) is 15.7 Å². The number of amides is 2. The zero-order valence-corrected chi connectivity index (χ0v) is 16.5. The summed E-state index contributed by atoms with van der Waals surface area (Å²) >= 11 is 0. The number of nitrogens with zero attached hydrogens (tertiary/aromatic N) is 2. The normalized spacial score (nSPS) is 17.8. The Morgan fingerprint density at radius 2 is 1.97 bits per heavy atom. The van der Waals surface area contributed by atoms with E-state index in [4.69, 9.17) is 4.74 Å². The van der Waals surface area contributed by atoms with E-state index in [9.17, 15) is 9.59 Å². The molecule has 1 aromatic heterocycles. The van der Waals surface area contributed by atoms with E-state index in [-0.39, 0.29) is 0 Å². The minimum Gasteiger partial charge on any atom is -0.466 e. The lowest BCUT2D eigenvalue weighted by molar-refractivity contribution is -0.143. The molecule has 4 rings (SSSR count). The van der Waals surface area contributed by atoms with E-state index in [1.165, 1.54) is 6.92 Å². The third kappa shape index (κ3) is 3.59. The Labute approximate surface area is 168 Å². The molecular weight excluding hydrogens is 368 g/mol. The molecule has 0 bridgehead atoms. The van der Waals surface area contributed by atoms with Gasteiger partial charge in [0.05, 0.1) is 17.9 Å². The number of hydrogen-bond acceptors (Lipinski definition) is 4. The molecule has 7 nitrogen and oxygen atoms in total. The van der Waals surface area contributed by atoms with E-state index in [0.717, 1.165) is 17.0 Å². The van der Waals surface area contributed by atoms with Gasteiger partial charge in [0.2, 0.25) is 0 Å². The average molecular weight is 390 g/mol. The average Bonchev–Trinajstić information content (AvgIpc) is 2.99. The molecule has 7 heteroatoms. The summed E-state index contributed by atoms with van der Waals surface area (Å²) in [6, 6.07) is 16.5. The van der Waals surface area contributed by atoms with Gasteiger partial charge in [-0.3, -0.25) is 14.3 Å². The molecule has 1 aliphatic heterocycles. The first-order valence-corrected chi connectivity index (χ1v) is 9.36. The number of para-hydroxylation sites is 2. The second-order valence-electron chi connectivity index (χ2n) is 7.32. The first kappa shape index (κ1) is 18.7. The number of anilines is 2. The molecule has 0 radical (unpaired) electrons. The third-order valence-corrected chi connectivity index (χ3v) is 4.94. The highest BCUT2D eigenvalue weighted by Gasteiger charge is 2.47. The third-order valence-electron chi connectivity index (χ3n) is 4.94. The zero-order valence-electron chi connectivity index (χ0n) is 16.5. The van der Waals surface area contributed by atoms with Crippen molar-refractivity contribution in [3.8, 4) is 5.75 Å². The van der Waals surface area contributed by atoms with E-state index in [0.29, 0.717) is 23.7 Å². The molecule has 0 saturated carbocycles. The second kappa shape index (κ2) is 7.09. The van der Waals surface area contributed by atoms with Crippen molar-refractivity contribution in [1.29, 1.82) is 0 Å². The van der Waals surface area contributed by atoms with Crippen LogP contribution >= 0.6 is 0 Å². The van der Waals surface area contributed by atoms with Gasteiger partial charge >= 0.3 is 0 Å². The van der Waals surface area contributed by atoms with Crippen molar-refractivity contribution in [3.05, 3.63) is 71.5 Å². The number of hydrogen-bond donors (Lipinski definition) is 2. The van der Waals surface area contributed by atoms with E-state index in [1.807, 2.05) is 42.8 Å². The predicted molar refractivity (Wildman–Crippen MR) is 110 cm³/mol. The van der Waals surface area contributed by atoms with Crippen LogP contribution in [0.2, 0.25) is 0 Å². The molecule has 29 heavy (non-hydrogen) atoms. The van der Waals surface area contributed by atoms with Crippen molar-refractivity contribution in [3.63, 3.8) is 0 Å². The Hall–Kier alpha value is -3.61. The van der Waals surface area contributed by atoms with Gasteiger partial charge in [-0.1, -0.05) is 24.3 Å². The number of aromatic nitrogens is 2. The Balaban J connectivity index is 1.53. The maximum Gasteiger partial charge on any atom is 0.278 e. The molecular formula is C22H22N4O3. The van der Waals surface area contributed by atoms with E-state index >= 15 is 0 Å². The number of carbonyl (C=O) groups excluding carboxylic acids is 2. The number of rotatable bonds is 4. The number of carbonyl (C=O) groups is 2. The highest BCUT2D eigenvalue weighted by molar-refractivity contribution is 6.19. The van der Waals surface area contributed by atoms with Crippen LogP contribution in [0.1, 0.15) is 23.9 Å². The lowest BCUT2D eigenvalue weighted by Crippen LogP contribution is -2.56. The summed E-state index contributed by atoms with van der Waals surface area (Å²) in [5.41, 5.74) is 2.48. The topological polar surface area (TPSA) is 85.3 Å². The van der Waals surface area contributed by atoms with Crippen molar-refractivity contribution < 1.29 is 14.3 Å². The van der Waals surface area contributed by atoms with Gasteiger partial charge in [0.15, 0.2) is 0 Å². The van der Waals surface area contributed by atoms with Crippen molar-refractivity contribution in [1.82, 2.24) is 9.78 Å². The zero-order chi connectivity index (χ0) is 20.6. The summed E-state index contributed by atoms with van der Waals surface area (Å²) in [4.78, 5) is 25.5. The highest BCUT2D eigenvalue weighted by atomic mass is 16.5. The Morgan fingerprint density at radius 3 is 2.72 bits per heavy atom. The van der Waals surface area contributed by atoms with Crippen molar-refractivity contribution in [2.75, 3.05) is 10.6 Å². The smallest absolute Gasteiger partial charge is 0.278 e. The summed E-state index contributed by atoms with van der Waals surface area (Å²) in [7, 11) is 0. The molecule has 2 heterocycles. The molecule has 3 aromatic rings. The van der Waals surface area contributed by atoms with Gasteiger partial charge in [-0.2, -0.15) is 5.10 Å². The maximum atomic E-state index is 12.9. The molecule has 148 valence electrons. The van der Waals surface area contributed by atoms with E-state index in [1.54, 1.807) is 30.3 Å². The van der Waals surface area contributed by atoms with Crippen LogP contribution in [0.25, 0.3) is 0 Å². The Kier molecular flexibility index (Phi) is 4.58. The van der Waals surface area contributed by atoms with Gasteiger partial charge in [0.1, 0.15) is 5.75 Å².